The van der Waals surface area contributed by atoms with Gasteiger partial charge in [-0.05, 0) is 31.5 Å². The van der Waals surface area contributed by atoms with Crippen molar-refractivity contribution in [3.05, 3.63) is 29.8 Å². The van der Waals surface area contributed by atoms with Gasteiger partial charge in [0, 0.05) is 18.3 Å². The maximum atomic E-state index is 5.43. The molecule has 1 aromatic carbocycles. The molecule has 1 aromatic rings. The lowest BCUT2D eigenvalue weighted by atomic mass is 10.0. The summed E-state index contributed by atoms with van der Waals surface area (Å²) in [5.74, 6) is 2.74. The normalized spacial score (nSPS) is 19.8. The Bertz CT molecular complexity index is 392. The monoisotopic (exact) mass is 214 g/mol. The van der Waals surface area contributed by atoms with E-state index in [0.29, 0.717) is 12.6 Å². The van der Waals surface area contributed by atoms with Crippen molar-refractivity contribution in [2.24, 2.45) is 0 Å². The Morgan fingerprint density at radius 3 is 3.06 bits per heavy atom. The Morgan fingerprint density at radius 1 is 1.50 bits per heavy atom. The summed E-state index contributed by atoms with van der Waals surface area (Å²) < 4.78 is 0. The first-order valence-electron chi connectivity index (χ1n) is 5.81. The number of hydrogen-bond acceptors (Lipinski definition) is 2. The molecule has 0 radical (unpaired) electrons. The quantitative estimate of drug-likeness (QED) is 0.759. The van der Waals surface area contributed by atoms with Gasteiger partial charge in [0.2, 0.25) is 0 Å². The molecule has 2 rings (SSSR count). The number of nitrogens with one attached hydrogen (secondary N) is 1. The predicted octanol–water partition coefficient (Wildman–Crippen LogP) is 2.18. The highest BCUT2D eigenvalue weighted by Crippen LogP contribution is 2.32. The Kier molecular flexibility index (Phi) is 3.48. The van der Waals surface area contributed by atoms with Gasteiger partial charge in [0.25, 0.3) is 0 Å². The van der Waals surface area contributed by atoms with E-state index in [2.05, 4.69) is 40.4 Å². The number of benzene rings is 1. The summed E-state index contributed by atoms with van der Waals surface area (Å²) in [7, 11) is 2.03. The molecule has 1 unspecified atom stereocenters. The van der Waals surface area contributed by atoms with E-state index in [1.165, 1.54) is 24.1 Å². The second-order valence-corrected chi connectivity index (χ2v) is 4.17. The van der Waals surface area contributed by atoms with Crippen LogP contribution in [0.25, 0.3) is 0 Å². The summed E-state index contributed by atoms with van der Waals surface area (Å²) >= 11 is 0. The van der Waals surface area contributed by atoms with Gasteiger partial charge < -0.3 is 10.2 Å². The molecule has 1 heterocycles. The van der Waals surface area contributed by atoms with E-state index in [-0.39, 0.29) is 0 Å². The first-order chi connectivity index (χ1) is 7.86. The zero-order valence-corrected chi connectivity index (χ0v) is 9.74. The van der Waals surface area contributed by atoms with Crippen molar-refractivity contribution in [2.75, 3.05) is 25.0 Å². The van der Waals surface area contributed by atoms with Crippen LogP contribution in [-0.2, 0) is 0 Å². The van der Waals surface area contributed by atoms with Crippen LogP contribution in [0.15, 0.2) is 24.3 Å². The standard InChI is InChI=1S/C14H18N2/c1-3-10-16-11-6-8-13(15-2)12-7-4-5-9-14(12)16/h1,4-5,7,9,13,15H,6,8,10-11H2,2H3. The third-order valence-electron chi connectivity index (χ3n) is 3.20. The van der Waals surface area contributed by atoms with Gasteiger partial charge in [-0.15, -0.1) is 6.42 Å². The van der Waals surface area contributed by atoms with E-state index in [4.69, 9.17) is 6.42 Å². The molecule has 0 saturated heterocycles. The van der Waals surface area contributed by atoms with Crippen LogP contribution in [-0.4, -0.2) is 20.1 Å². The summed E-state index contributed by atoms with van der Waals surface area (Å²) in [5, 5.41) is 3.38. The lowest BCUT2D eigenvalue weighted by Gasteiger charge is -2.23. The topological polar surface area (TPSA) is 15.3 Å². The fourth-order valence-electron chi connectivity index (χ4n) is 2.41. The molecule has 0 aliphatic carbocycles. The molecule has 0 aromatic heterocycles. The second-order valence-electron chi connectivity index (χ2n) is 4.17. The maximum absolute atomic E-state index is 5.43. The third kappa shape index (κ3) is 2.05. The summed E-state index contributed by atoms with van der Waals surface area (Å²) in [6.07, 6.45) is 7.78. The van der Waals surface area contributed by atoms with E-state index in [1.54, 1.807) is 0 Å². The molecule has 0 saturated carbocycles. The molecular formula is C14H18N2. The van der Waals surface area contributed by atoms with Crippen molar-refractivity contribution >= 4 is 5.69 Å². The Balaban J connectivity index is 2.38. The Morgan fingerprint density at radius 2 is 2.31 bits per heavy atom. The predicted molar refractivity (Wildman–Crippen MR) is 68.5 cm³/mol. The van der Waals surface area contributed by atoms with Crippen LogP contribution in [0.5, 0.6) is 0 Å². The van der Waals surface area contributed by atoms with Crippen molar-refractivity contribution < 1.29 is 0 Å². The molecule has 1 atom stereocenters. The zero-order chi connectivity index (χ0) is 11.4. The molecule has 2 heteroatoms. The summed E-state index contributed by atoms with van der Waals surface area (Å²) in [4.78, 5) is 2.30. The number of anilines is 1. The number of rotatable bonds is 2. The van der Waals surface area contributed by atoms with Crippen molar-refractivity contribution in [3.8, 4) is 12.3 Å². The van der Waals surface area contributed by atoms with Crippen molar-refractivity contribution in [3.63, 3.8) is 0 Å². The first kappa shape index (κ1) is 11.0. The van der Waals surface area contributed by atoms with Crippen LogP contribution < -0.4 is 10.2 Å². The van der Waals surface area contributed by atoms with Gasteiger partial charge in [0.15, 0.2) is 0 Å². The van der Waals surface area contributed by atoms with E-state index in [0.717, 1.165) is 6.54 Å². The first-order valence-corrected chi connectivity index (χ1v) is 5.81. The summed E-state index contributed by atoms with van der Waals surface area (Å²) in [6, 6.07) is 9.01. The molecule has 1 aliphatic heterocycles. The molecule has 0 spiro atoms. The van der Waals surface area contributed by atoms with E-state index in [1.807, 2.05) is 7.05 Å². The van der Waals surface area contributed by atoms with Crippen LogP contribution in [0.1, 0.15) is 24.4 Å². The third-order valence-corrected chi connectivity index (χ3v) is 3.20. The van der Waals surface area contributed by atoms with Crippen LogP contribution in [0, 0.1) is 12.3 Å². The molecule has 0 amide bonds. The lowest BCUT2D eigenvalue weighted by Crippen LogP contribution is -2.24. The van der Waals surface area contributed by atoms with E-state index in [9.17, 15) is 0 Å². The molecule has 84 valence electrons. The summed E-state index contributed by atoms with van der Waals surface area (Å²) in [6.45, 7) is 1.76. The van der Waals surface area contributed by atoms with Crippen LogP contribution >= 0.6 is 0 Å². The van der Waals surface area contributed by atoms with Gasteiger partial charge in [0.05, 0.1) is 6.54 Å². The van der Waals surface area contributed by atoms with Gasteiger partial charge in [-0.1, -0.05) is 24.1 Å². The number of hydrogen-bond donors (Lipinski definition) is 1. The minimum atomic E-state index is 0.457. The van der Waals surface area contributed by atoms with Crippen LogP contribution in [0.3, 0.4) is 0 Å². The highest BCUT2D eigenvalue weighted by molar-refractivity contribution is 5.56. The van der Waals surface area contributed by atoms with Crippen LogP contribution in [0.4, 0.5) is 5.69 Å². The smallest absolute Gasteiger partial charge is 0.0791 e. The lowest BCUT2D eigenvalue weighted by molar-refractivity contribution is 0.543. The maximum Gasteiger partial charge on any atom is 0.0791 e. The van der Waals surface area contributed by atoms with Gasteiger partial charge in [0.1, 0.15) is 0 Å². The largest absolute Gasteiger partial charge is 0.360 e. The Hall–Kier alpha value is -1.46. The highest BCUT2D eigenvalue weighted by atomic mass is 15.1. The minimum absolute atomic E-state index is 0.457. The van der Waals surface area contributed by atoms with Gasteiger partial charge >= 0.3 is 0 Å². The van der Waals surface area contributed by atoms with Crippen LogP contribution in [0.2, 0.25) is 0 Å². The fourth-order valence-corrected chi connectivity index (χ4v) is 2.41. The summed E-state index contributed by atoms with van der Waals surface area (Å²) in [5.41, 5.74) is 2.66. The average Bonchev–Trinajstić information content (AvgIpc) is 2.50. The fraction of sp³-hybridized carbons (Fsp3) is 0.429. The van der Waals surface area contributed by atoms with Gasteiger partial charge in [-0.25, -0.2) is 0 Å². The molecule has 0 bridgehead atoms. The zero-order valence-electron chi connectivity index (χ0n) is 9.74. The second kappa shape index (κ2) is 5.05. The molecule has 0 fully saturated rings. The number of para-hydroxylation sites is 1. The molecule has 1 N–H and O–H groups in total. The molecule has 2 nitrogen and oxygen atoms in total. The van der Waals surface area contributed by atoms with Crippen molar-refractivity contribution in [1.29, 1.82) is 0 Å². The number of fused-ring (bicyclic) bond motifs is 1. The van der Waals surface area contributed by atoms with E-state index >= 15 is 0 Å². The Labute approximate surface area is 97.7 Å². The number of nitrogens with zero attached hydrogens (tertiary/aromatic N) is 1. The highest BCUT2D eigenvalue weighted by Gasteiger charge is 2.20. The minimum Gasteiger partial charge on any atom is -0.360 e. The van der Waals surface area contributed by atoms with Gasteiger partial charge in [-0.2, -0.15) is 0 Å². The van der Waals surface area contributed by atoms with Gasteiger partial charge in [-0.3, -0.25) is 0 Å². The van der Waals surface area contributed by atoms with E-state index < -0.39 is 0 Å². The molecule has 1 aliphatic rings. The molecular weight excluding hydrogens is 196 g/mol. The SMILES string of the molecule is C#CCN1CCCC(NC)c2ccccc21. The number of terminal acetylenes is 1. The van der Waals surface area contributed by atoms with Crippen molar-refractivity contribution in [1.82, 2.24) is 5.32 Å². The van der Waals surface area contributed by atoms with Crippen molar-refractivity contribution in [2.45, 2.75) is 18.9 Å². The average molecular weight is 214 g/mol. The molecule has 16 heavy (non-hydrogen) atoms.